The van der Waals surface area contributed by atoms with Gasteiger partial charge in [0.05, 0.1) is 27.6 Å². The average molecular weight is 600 g/mol. The van der Waals surface area contributed by atoms with Gasteiger partial charge in [-0.2, -0.15) is 9.78 Å². The fourth-order valence-corrected chi connectivity index (χ4v) is 4.34. The van der Waals surface area contributed by atoms with Crippen molar-refractivity contribution < 1.29 is 19.6 Å². The summed E-state index contributed by atoms with van der Waals surface area (Å²) in [6.45, 7) is 1.79. The Bertz CT molecular complexity index is 1650. The summed E-state index contributed by atoms with van der Waals surface area (Å²) in [6, 6.07) is 13.8. The molecule has 0 unspecified atom stereocenters. The van der Waals surface area contributed by atoms with Crippen LogP contribution in [-0.4, -0.2) is 31.9 Å². The predicted octanol–water partition coefficient (Wildman–Crippen LogP) is 5.83. The first-order chi connectivity index (χ1) is 18.2. The number of aromatic carboxylic acids is 1. The normalized spacial score (nSPS) is 11.2. The van der Waals surface area contributed by atoms with Crippen LogP contribution >= 0.6 is 27.5 Å². The molecule has 0 saturated carbocycles. The number of fused-ring (bicyclic) bond motifs is 1. The Hall–Kier alpha value is -4.09. The Balaban J connectivity index is 1.80. The van der Waals surface area contributed by atoms with Crippen LogP contribution in [0.25, 0.3) is 10.9 Å². The van der Waals surface area contributed by atoms with Crippen LogP contribution in [0.1, 0.15) is 40.7 Å². The van der Waals surface area contributed by atoms with Crippen LogP contribution in [0, 0.1) is 10.1 Å². The van der Waals surface area contributed by atoms with E-state index >= 15 is 0 Å². The van der Waals surface area contributed by atoms with Crippen LogP contribution < -0.4 is 10.3 Å². The molecule has 0 fully saturated rings. The number of hydrogen-bond donors (Lipinski definition) is 1. The third-order valence-corrected chi connectivity index (χ3v) is 6.19. The molecule has 1 aromatic heterocycles. The van der Waals surface area contributed by atoms with Crippen molar-refractivity contribution >= 4 is 56.3 Å². The molecule has 10 nitrogen and oxygen atoms in total. The molecule has 0 spiro atoms. The molecule has 0 bridgehead atoms. The summed E-state index contributed by atoms with van der Waals surface area (Å²) < 4.78 is 7.66. The SMILES string of the molecule is CCCc1nc2ccc(Br)cc2c(=O)n1N=Cc1cc(Cl)cc([N+](=O)[O-])c1OCc1cccc(C(=O)O)c1. The molecule has 1 N–H and O–H groups in total. The molecule has 12 heteroatoms. The second kappa shape index (κ2) is 11.5. The first kappa shape index (κ1) is 27.0. The highest BCUT2D eigenvalue weighted by Gasteiger charge is 2.21. The smallest absolute Gasteiger partial charge is 0.335 e. The molecule has 0 aliphatic heterocycles. The van der Waals surface area contributed by atoms with Crippen molar-refractivity contribution in [1.82, 2.24) is 9.66 Å². The number of benzene rings is 3. The van der Waals surface area contributed by atoms with Crippen LogP contribution in [0.3, 0.4) is 0 Å². The number of halogens is 2. The fourth-order valence-electron chi connectivity index (χ4n) is 3.76. The van der Waals surface area contributed by atoms with Crippen LogP contribution in [0.5, 0.6) is 5.75 Å². The molecule has 194 valence electrons. The van der Waals surface area contributed by atoms with E-state index in [1.165, 1.54) is 24.4 Å². The number of aryl methyl sites for hydroxylation is 1. The molecule has 3 aromatic carbocycles. The molecule has 0 aliphatic carbocycles. The number of carbonyl (C=O) groups is 1. The molecule has 0 amide bonds. The zero-order valence-corrected chi connectivity index (χ0v) is 22.3. The second-order valence-electron chi connectivity index (χ2n) is 8.20. The van der Waals surface area contributed by atoms with Crippen LogP contribution in [-0.2, 0) is 13.0 Å². The van der Waals surface area contributed by atoms with Gasteiger partial charge in [-0.1, -0.05) is 46.6 Å². The molecule has 0 atom stereocenters. The molecule has 38 heavy (non-hydrogen) atoms. The number of nitrogens with zero attached hydrogens (tertiary/aromatic N) is 4. The highest BCUT2D eigenvalue weighted by molar-refractivity contribution is 9.10. The maximum Gasteiger partial charge on any atom is 0.335 e. The van der Waals surface area contributed by atoms with Gasteiger partial charge in [0, 0.05) is 27.5 Å². The Morgan fingerprint density at radius 3 is 2.76 bits per heavy atom. The zero-order chi connectivity index (χ0) is 27.4. The monoisotopic (exact) mass is 598 g/mol. The summed E-state index contributed by atoms with van der Waals surface area (Å²) >= 11 is 9.52. The first-order valence-electron chi connectivity index (χ1n) is 11.4. The quantitative estimate of drug-likeness (QED) is 0.145. The van der Waals surface area contributed by atoms with Gasteiger partial charge in [-0.3, -0.25) is 14.9 Å². The number of nitro benzene ring substituents is 1. The number of carboxylic acids is 1. The minimum Gasteiger partial charge on any atom is -0.481 e. The van der Waals surface area contributed by atoms with Gasteiger partial charge < -0.3 is 9.84 Å². The number of aromatic nitrogens is 2. The van der Waals surface area contributed by atoms with Crippen molar-refractivity contribution in [1.29, 1.82) is 0 Å². The lowest BCUT2D eigenvalue weighted by Crippen LogP contribution is -2.22. The maximum atomic E-state index is 13.3. The van der Waals surface area contributed by atoms with E-state index in [1.54, 1.807) is 30.3 Å². The van der Waals surface area contributed by atoms with E-state index < -0.39 is 22.1 Å². The van der Waals surface area contributed by atoms with Gasteiger partial charge in [-0.25, -0.2) is 9.78 Å². The predicted molar refractivity (Wildman–Crippen MR) is 147 cm³/mol. The number of nitro groups is 1. The standard InChI is InChI=1S/C26H20BrClN4O6/c1-2-4-23-30-21-8-7-18(27)11-20(21)25(33)31(23)29-13-17-10-19(28)12-22(32(36)37)24(17)38-14-15-5-3-6-16(9-15)26(34)35/h3,5-13H,2,4,14H2,1H3,(H,34,35). The van der Waals surface area contributed by atoms with Gasteiger partial charge in [0.1, 0.15) is 12.4 Å². The molecule has 0 aliphatic rings. The van der Waals surface area contributed by atoms with Crippen molar-refractivity contribution in [2.24, 2.45) is 5.10 Å². The van der Waals surface area contributed by atoms with Gasteiger partial charge in [-0.05, 0) is 48.4 Å². The molecular formula is C26H20BrClN4O6. The van der Waals surface area contributed by atoms with E-state index in [0.717, 1.165) is 10.7 Å². The van der Waals surface area contributed by atoms with Crippen molar-refractivity contribution in [3.63, 3.8) is 0 Å². The minimum absolute atomic E-state index is 0.0526. The van der Waals surface area contributed by atoms with Crippen molar-refractivity contribution in [3.8, 4) is 5.75 Å². The second-order valence-corrected chi connectivity index (χ2v) is 9.55. The fraction of sp³-hybridized carbons (Fsp3) is 0.154. The Morgan fingerprint density at radius 2 is 2.05 bits per heavy atom. The molecule has 0 radical (unpaired) electrons. The molecule has 0 saturated heterocycles. The summed E-state index contributed by atoms with van der Waals surface area (Å²) in [5, 5.41) is 25.8. The van der Waals surface area contributed by atoms with Gasteiger partial charge >= 0.3 is 11.7 Å². The van der Waals surface area contributed by atoms with Crippen molar-refractivity contribution in [2.45, 2.75) is 26.4 Å². The Labute approximate surface area is 229 Å². The molecule has 1 heterocycles. The van der Waals surface area contributed by atoms with E-state index in [1.807, 2.05) is 6.92 Å². The highest BCUT2D eigenvalue weighted by atomic mass is 79.9. The number of hydrogen-bond acceptors (Lipinski definition) is 7. The van der Waals surface area contributed by atoms with Crippen LogP contribution in [0.2, 0.25) is 5.02 Å². The third kappa shape index (κ3) is 5.90. The van der Waals surface area contributed by atoms with E-state index in [0.29, 0.717) is 39.6 Å². The summed E-state index contributed by atoms with van der Waals surface area (Å²) in [7, 11) is 0. The molecular weight excluding hydrogens is 580 g/mol. The van der Waals surface area contributed by atoms with E-state index in [4.69, 9.17) is 16.3 Å². The number of ether oxygens (including phenoxy) is 1. The molecule has 4 rings (SSSR count). The highest BCUT2D eigenvalue weighted by Crippen LogP contribution is 2.34. The van der Waals surface area contributed by atoms with Crippen LogP contribution in [0.4, 0.5) is 5.69 Å². The topological polar surface area (TPSA) is 137 Å². The van der Waals surface area contributed by atoms with Gasteiger partial charge in [0.15, 0.2) is 0 Å². The van der Waals surface area contributed by atoms with Crippen molar-refractivity contribution in [2.75, 3.05) is 0 Å². The van der Waals surface area contributed by atoms with E-state index in [9.17, 15) is 24.8 Å². The van der Waals surface area contributed by atoms with Gasteiger partial charge in [-0.15, -0.1) is 0 Å². The lowest BCUT2D eigenvalue weighted by molar-refractivity contribution is -0.385. The number of rotatable bonds is 9. The first-order valence-corrected chi connectivity index (χ1v) is 12.5. The van der Waals surface area contributed by atoms with Gasteiger partial charge in [0.2, 0.25) is 5.75 Å². The van der Waals surface area contributed by atoms with Crippen LogP contribution in [0.15, 0.2) is 69.0 Å². The van der Waals surface area contributed by atoms with Gasteiger partial charge in [0.25, 0.3) is 5.56 Å². The Kier molecular flexibility index (Phi) is 8.18. The lowest BCUT2D eigenvalue weighted by atomic mass is 10.1. The van der Waals surface area contributed by atoms with E-state index in [2.05, 4.69) is 26.0 Å². The maximum absolute atomic E-state index is 13.3. The zero-order valence-electron chi connectivity index (χ0n) is 19.9. The minimum atomic E-state index is -1.11. The summed E-state index contributed by atoms with van der Waals surface area (Å²) in [6.07, 6.45) is 2.43. The van der Waals surface area contributed by atoms with E-state index in [-0.39, 0.29) is 28.5 Å². The summed E-state index contributed by atoms with van der Waals surface area (Å²) in [5.41, 5.74) is 0.413. The lowest BCUT2D eigenvalue weighted by Gasteiger charge is -2.12. The third-order valence-electron chi connectivity index (χ3n) is 5.48. The molecule has 4 aromatic rings. The number of carboxylic acid groups (broad SMARTS) is 1. The Morgan fingerprint density at radius 1 is 1.26 bits per heavy atom. The summed E-state index contributed by atoms with van der Waals surface area (Å²) in [4.78, 5) is 40.3. The van der Waals surface area contributed by atoms with Crippen molar-refractivity contribution in [3.05, 3.63) is 107 Å². The average Bonchev–Trinajstić information content (AvgIpc) is 2.88. The summed E-state index contributed by atoms with van der Waals surface area (Å²) in [5.74, 6) is -0.819. The largest absolute Gasteiger partial charge is 0.481 e.